The van der Waals surface area contributed by atoms with Gasteiger partial charge in [0.1, 0.15) is 0 Å². The van der Waals surface area contributed by atoms with Gasteiger partial charge in [0.05, 0.1) is 0 Å². The second-order valence-corrected chi connectivity index (χ2v) is 5.18. The molecule has 0 aromatic heterocycles. The van der Waals surface area contributed by atoms with Crippen LogP contribution in [0.2, 0.25) is 5.02 Å². The summed E-state index contributed by atoms with van der Waals surface area (Å²) in [6.45, 7) is 1.93. The molecule has 0 fully saturated rings. The molecule has 0 aliphatic rings. The second-order valence-electron chi connectivity index (χ2n) is 4.74. The molecule has 0 saturated heterocycles. The van der Waals surface area contributed by atoms with E-state index in [1.165, 1.54) is 18.4 Å². The van der Waals surface area contributed by atoms with Gasteiger partial charge in [0.2, 0.25) is 0 Å². The van der Waals surface area contributed by atoms with Gasteiger partial charge in [-0.15, -0.1) is 0 Å². The molecule has 1 N–H and O–H groups in total. The van der Waals surface area contributed by atoms with Crippen molar-refractivity contribution in [3.05, 3.63) is 34.9 Å². The smallest absolute Gasteiger partial charge is 0.0462 e. The second kappa shape index (κ2) is 9.37. The van der Waals surface area contributed by atoms with E-state index in [2.05, 4.69) is 17.4 Å². The third kappa shape index (κ3) is 6.39. The number of ether oxygens (including phenoxy) is 1. The molecule has 1 atom stereocenters. The highest BCUT2D eigenvalue weighted by atomic mass is 35.5. The van der Waals surface area contributed by atoms with Gasteiger partial charge in [0.25, 0.3) is 0 Å². The highest BCUT2D eigenvalue weighted by molar-refractivity contribution is 6.30. The van der Waals surface area contributed by atoms with E-state index in [1.807, 2.05) is 19.2 Å². The Morgan fingerprint density at radius 3 is 2.56 bits per heavy atom. The molecule has 0 bridgehead atoms. The minimum atomic E-state index is 0.688. The number of benzene rings is 1. The van der Waals surface area contributed by atoms with E-state index in [4.69, 9.17) is 16.3 Å². The van der Waals surface area contributed by atoms with Crippen molar-refractivity contribution in [3.8, 4) is 0 Å². The van der Waals surface area contributed by atoms with E-state index in [9.17, 15) is 0 Å². The molecule has 0 heterocycles. The van der Waals surface area contributed by atoms with E-state index in [1.54, 1.807) is 7.11 Å². The molecule has 0 saturated carbocycles. The molecular weight excluding hydrogens is 246 g/mol. The van der Waals surface area contributed by atoms with E-state index >= 15 is 0 Å². The van der Waals surface area contributed by atoms with Crippen LogP contribution in [0, 0.1) is 5.92 Å². The maximum Gasteiger partial charge on any atom is 0.0462 e. The summed E-state index contributed by atoms with van der Waals surface area (Å²) in [4.78, 5) is 0. The van der Waals surface area contributed by atoms with Crippen LogP contribution in [0.3, 0.4) is 0 Å². The highest BCUT2D eigenvalue weighted by Crippen LogP contribution is 2.17. The maximum atomic E-state index is 5.90. The van der Waals surface area contributed by atoms with Crippen LogP contribution in [-0.2, 0) is 11.2 Å². The lowest BCUT2D eigenvalue weighted by atomic mass is 9.94. The van der Waals surface area contributed by atoms with Crippen molar-refractivity contribution in [3.63, 3.8) is 0 Å². The van der Waals surface area contributed by atoms with Gasteiger partial charge in [-0.3, -0.25) is 0 Å². The van der Waals surface area contributed by atoms with Gasteiger partial charge in [0.15, 0.2) is 0 Å². The van der Waals surface area contributed by atoms with Crippen molar-refractivity contribution in [2.75, 3.05) is 27.3 Å². The summed E-state index contributed by atoms with van der Waals surface area (Å²) in [5.74, 6) is 0.688. The molecule has 0 aliphatic heterocycles. The number of hydrogen-bond acceptors (Lipinski definition) is 2. The predicted molar refractivity (Wildman–Crippen MR) is 78.3 cm³/mol. The van der Waals surface area contributed by atoms with Gasteiger partial charge in [-0.05, 0) is 56.5 Å². The van der Waals surface area contributed by atoms with Crippen molar-refractivity contribution in [1.82, 2.24) is 5.32 Å². The number of hydrogen-bond donors (Lipinski definition) is 1. The first kappa shape index (κ1) is 15.5. The van der Waals surface area contributed by atoms with E-state index in [0.717, 1.165) is 31.0 Å². The quantitative estimate of drug-likeness (QED) is 0.693. The Labute approximate surface area is 116 Å². The molecule has 0 radical (unpaired) electrons. The molecule has 0 amide bonds. The molecule has 2 nitrogen and oxygen atoms in total. The fraction of sp³-hybridized carbons (Fsp3) is 0.600. The molecule has 0 spiro atoms. The fourth-order valence-corrected chi connectivity index (χ4v) is 2.32. The van der Waals surface area contributed by atoms with Crippen LogP contribution in [0.5, 0.6) is 0 Å². The minimum absolute atomic E-state index is 0.688. The Kier molecular flexibility index (Phi) is 8.06. The molecular formula is C15H24ClNO. The molecule has 102 valence electrons. The van der Waals surface area contributed by atoms with Crippen LogP contribution >= 0.6 is 11.6 Å². The monoisotopic (exact) mass is 269 g/mol. The molecule has 18 heavy (non-hydrogen) atoms. The summed E-state index contributed by atoms with van der Waals surface area (Å²) in [5, 5.41) is 4.09. The third-order valence-corrected chi connectivity index (χ3v) is 3.39. The van der Waals surface area contributed by atoms with Gasteiger partial charge in [-0.1, -0.05) is 30.2 Å². The Balaban J connectivity index is 2.38. The number of unbranched alkanes of at least 4 members (excludes halogenated alkanes) is 1. The Morgan fingerprint density at radius 2 is 1.94 bits per heavy atom. The van der Waals surface area contributed by atoms with Crippen molar-refractivity contribution >= 4 is 11.6 Å². The summed E-state index contributed by atoms with van der Waals surface area (Å²) in [6, 6.07) is 8.19. The van der Waals surface area contributed by atoms with Crippen molar-refractivity contribution < 1.29 is 4.74 Å². The molecule has 1 rings (SSSR count). The normalized spacial score (nSPS) is 12.6. The largest absolute Gasteiger partial charge is 0.385 e. The predicted octanol–water partition coefficient (Wildman–Crippen LogP) is 3.53. The molecule has 0 aliphatic carbocycles. The van der Waals surface area contributed by atoms with Crippen molar-refractivity contribution in [2.45, 2.75) is 25.7 Å². The standard InChI is InChI=1S/C15H24ClNO/c1-17-12-14(5-3-4-10-18-2)11-13-6-8-15(16)9-7-13/h6-9,14,17H,3-5,10-12H2,1-2H3. The van der Waals surface area contributed by atoms with Gasteiger partial charge in [0, 0.05) is 18.7 Å². The first-order valence-electron chi connectivity index (χ1n) is 6.64. The van der Waals surface area contributed by atoms with E-state index < -0.39 is 0 Å². The molecule has 3 heteroatoms. The van der Waals surface area contributed by atoms with Gasteiger partial charge >= 0.3 is 0 Å². The van der Waals surface area contributed by atoms with E-state index in [0.29, 0.717) is 5.92 Å². The van der Waals surface area contributed by atoms with Gasteiger partial charge in [-0.2, -0.15) is 0 Å². The van der Waals surface area contributed by atoms with Crippen LogP contribution < -0.4 is 5.32 Å². The average Bonchev–Trinajstić information content (AvgIpc) is 2.37. The van der Waals surface area contributed by atoms with Crippen LogP contribution in [0.4, 0.5) is 0 Å². The summed E-state index contributed by atoms with van der Waals surface area (Å²) >= 11 is 5.90. The Morgan fingerprint density at radius 1 is 1.22 bits per heavy atom. The van der Waals surface area contributed by atoms with E-state index in [-0.39, 0.29) is 0 Å². The van der Waals surface area contributed by atoms with Crippen molar-refractivity contribution in [2.24, 2.45) is 5.92 Å². The molecule has 1 unspecified atom stereocenters. The summed E-state index contributed by atoms with van der Waals surface area (Å²) in [6.07, 6.45) is 4.74. The van der Waals surface area contributed by atoms with Crippen LogP contribution in [0.25, 0.3) is 0 Å². The topological polar surface area (TPSA) is 21.3 Å². The zero-order valence-electron chi connectivity index (χ0n) is 11.4. The molecule has 1 aromatic rings. The Bertz CT molecular complexity index is 313. The maximum absolute atomic E-state index is 5.90. The zero-order valence-corrected chi connectivity index (χ0v) is 12.2. The molecule has 1 aromatic carbocycles. The fourth-order valence-electron chi connectivity index (χ4n) is 2.20. The first-order chi connectivity index (χ1) is 8.76. The highest BCUT2D eigenvalue weighted by Gasteiger charge is 2.08. The number of rotatable bonds is 9. The van der Waals surface area contributed by atoms with Crippen LogP contribution in [0.1, 0.15) is 24.8 Å². The lowest BCUT2D eigenvalue weighted by molar-refractivity contribution is 0.190. The lowest BCUT2D eigenvalue weighted by Crippen LogP contribution is -2.21. The minimum Gasteiger partial charge on any atom is -0.385 e. The number of nitrogens with one attached hydrogen (secondary N) is 1. The zero-order chi connectivity index (χ0) is 13.2. The average molecular weight is 270 g/mol. The van der Waals surface area contributed by atoms with Crippen LogP contribution in [-0.4, -0.2) is 27.3 Å². The summed E-state index contributed by atoms with van der Waals surface area (Å²) < 4.78 is 5.08. The summed E-state index contributed by atoms with van der Waals surface area (Å²) in [5.41, 5.74) is 1.37. The lowest BCUT2D eigenvalue weighted by Gasteiger charge is -2.16. The van der Waals surface area contributed by atoms with Gasteiger partial charge in [-0.25, -0.2) is 0 Å². The number of methoxy groups -OCH3 is 1. The first-order valence-corrected chi connectivity index (χ1v) is 7.02. The summed E-state index contributed by atoms with van der Waals surface area (Å²) in [7, 11) is 3.78. The van der Waals surface area contributed by atoms with Crippen LogP contribution in [0.15, 0.2) is 24.3 Å². The number of halogens is 1. The SMILES string of the molecule is CNCC(CCCCOC)Cc1ccc(Cl)cc1. The van der Waals surface area contributed by atoms with Gasteiger partial charge < -0.3 is 10.1 Å². The van der Waals surface area contributed by atoms with Crippen molar-refractivity contribution in [1.29, 1.82) is 0 Å². The third-order valence-electron chi connectivity index (χ3n) is 3.14. The Hall–Kier alpha value is -0.570.